The van der Waals surface area contributed by atoms with Crippen LogP contribution in [0.15, 0.2) is 6.20 Å². The van der Waals surface area contributed by atoms with Gasteiger partial charge < -0.3 is 10.2 Å². The van der Waals surface area contributed by atoms with E-state index in [-0.39, 0.29) is 17.9 Å². The summed E-state index contributed by atoms with van der Waals surface area (Å²) in [5, 5.41) is 6.90. The SMILES string of the molecule is CCCn1cc(C(=O)N(C)C(C)CC(=O)NC)c(C)n1. The van der Waals surface area contributed by atoms with Crippen LogP contribution in [0.3, 0.4) is 0 Å². The van der Waals surface area contributed by atoms with Crippen LogP contribution in [-0.4, -0.2) is 46.6 Å². The normalized spacial score (nSPS) is 12.1. The summed E-state index contributed by atoms with van der Waals surface area (Å²) < 4.78 is 1.79. The number of aryl methyl sites for hydroxylation is 2. The average molecular weight is 280 g/mol. The van der Waals surface area contributed by atoms with Gasteiger partial charge in [0.2, 0.25) is 5.91 Å². The van der Waals surface area contributed by atoms with Gasteiger partial charge in [0.1, 0.15) is 0 Å². The van der Waals surface area contributed by atoms with E-state index < -0.39 is 0 Å². The van der Waals surface area contributed by atoms with Crippen LogP contribution in [0.5, 0.6) is 0 Å². The fourth-order valence-electron chi connectivity index (χ4n) is 1.97. The van der Waals surface area contributed by atoms with Crippen LogP contribution in [0.4, 0.5) is 0 Å². The van der Waals surface area contributed by atoms with E-state index in [0.29, 0.717) is 12.0 Å². The summed E-state index contributed by atoms with van der Waals surface area (Å²) in [7, 11) is 3.31. The van der Waals surface area contributed by atoms with Crippen LogP contribution in [0, 0.1) is 6.92 Å². The van der Waals surface area contributed by atoms with Crippen molar-refractivity contribution >= 4 is 11.8 Å². The maximum Gasteiger partial charge on any atom is 0.257 e. The van der Waals surface area contributed by atoms with Crippen molar-refractivity contribution in [1.82, 2.24) is 20.0 Å². The number of rotatable bonds is 6. The molecule has 1 unspecified atom stereocenters. The van der Waals surface area contributed by atoms with Crippen LogP contribution in [0.25, 0.3) is 0 Å². The maximum atomic E-state index is 12.4. The van der Waals surface area contributed by atoms with Crippen molar-refractivity contribution in [3.05, 3.63) is 17.5 Å². The summed E-state index contributed by atoms with van der Waals surface area (Å²) in [6, 6.07) is -0.156. The minimum atomic E-state index is -0.156. The zero-order chi connectivity index (χ0) is 15.3. The lowest BCUT2D eigenvalue weighted by Gasteiger charge is -2.24. The third-order valence-electron chi connectivity index (χ3n) is 3.37. The molecule has 0 aliphatic carbocycles. The molecule has 0 fully saturated rings. The van der Waals surface area contributed by atoms with Crippen molar-refractivity contribution < 1.29 is 9.59 Å². The molecular weight excluding hydrogens is 256 g/mol. The largest absolute Gasteiger partial charge is 0.359 e. The molecule has 0 saturated carbocycles. The number of aromatic nitrogens is 2. The molecule has 6 nitrogen and oxygen atoms in total. The first-order valence-corrected chi connectivity index (χ1v) is 6.92. The summed E-state index contributed by atoms with van der Waals surface area (Å²) in [6.07, 6.45) is 3.04. The van der Waals surface area contributed by atoms with Crippen molar-refractivity contribution in [3.63, 3.8) is 0 Å². The van der Waals surface area contributed by atoms with Gasteiger partial charge in [-0.3, -0.25) is 14.3 Å². The third kappa shape index (κ3) is 3.82. The predicted octanol–water partition coefficient (Wildman–Crippen LogP) is 1.20. The van der Waals surface area contributed by atoms with Gasteiger partial charge in [-0.1, -0.05) is 6.92 Å². The van der Waals surface area contributed by atoms with Crippen LogP contribution in [0.2, 0.25) is 0 Å². The van der Waals surface area contributed by atoms with Crippen LogP contribution in [0.1, 0.15) is 42.7 Å². The first-order chi connectivity index (χ1) is 9.40. The highest BCUT2D eigenvalue weighted by Gasteiger charge is 2.22. The Morgan fingerprint density at radius 1 is 1.50 bits per heavy atom. The average Bonchev–Trinajstić information content (AvgIpc) is 2.78. The molecule has 0 saturated heterocycles. The lowest BCUT2D eigenvalue weighted by Crippen LogP contribution is -2.38. The molecule has 1 rings (SSSR count). The monoisotopic (exact) mass is 280 g/mol. The highest BCUT2D eigenvalue weighted by molar-refractivity contribution is 5.95. The van der Waals surface area contributed by atoms with E-state index in [1.807, 2.05) is 13.8 Å². The van der Waals surface area contributed by atoms with Gasteiger partial charge in [0.15, 0.2) is 0 Å². The molecule has 1 heterocycles. The Labute approximate surface area is 120 Å². The van der Waals surface area contributed by atoms with Gasteiger partial charge in [0, 0.05) is 39.3 Å². The summed E-state index contributed by atoms with van der Waals surface area (Å²) in [5.41, 5.74) is 1.33. The number of nitrogens with zero attached hydrogens (tertiary/aromatic N) is 3. The minimum absolute atomic E-state index is 0.0736. The molecule has 1 aromatic heterocycles. The highest BCUT2D eigenvalue weighted by atomic mass is 16.2. The molecular formula is C14H24N4O2. The smallest absolute Gasteiger partial charge is 0.257 e. The van der Waals surface area contributed by atoms with Crippen molar-refractivity contribution in [2.24, 2.45) is 0 Å². The van der Waals surface area contributed by atoms with Gasteiger partial charge in [-0.05, 0) is 20.3 Å². The Balaban J connectivity index is 2.80. The number of carbonyl (C=O) groups excluding carboxylic acids is 2. The second-order valence-corrected chi connectivity index (χ2v) is 5.03. The summed E-state index contributed by atoms with van der Waals surface area (Å²) in [5.74, 6) is -0.170. The van der Waals surface area contributed by atoms with Gasteiger partial charge in [0.05, 0.1) is 11.3 Å². The topological polar surface area (TPSA) is 67.2 Å². The molecule has 0 aliphatic heterocycles. The molecule has 1 aromatic rings. The van der Waals surface area contributed by atoms with E-state index >= 15 is 0 Å². The lowest BCUT2D eigenvalue weighted by atomic mass is 10.1. The molecule has 0 spiro atoms. The molecule has 112 valence electrons. The highest BCUT2D eigenvalue weighted by Crippen LogP contribution is 2.12. The van der Waals surface area contributed by atoms with Gasteiger partial charge in [-0.2, -0.15) is 5.10 Å². The molecule has 20 heavy (non-hydrogen) atoms. The van der Waals surface area contributed by atoms with E-state index in [0.717, 1.165) is 18.7 Å². The summed E-state index contributed by atoms with van der Waals surface area (Å²) >= 11 is 0. The number of amides is 2. The second-order valence-electron chi connectivity index (χ2n) is 5.03. The van der Waals surface area contributed by atoms with Crippen molar-refractivity contribution in [2.45, 2.75) is 46.2 Å². The maximum absolute atomic E-state index is 12.4. The number of nitrogens with one attached hydrogen (secondary N) is 1. The van der Waals surface area contributed by atoms with E-state index in [4.69, 9.17) is 0 Å². The standard InChI is InChI=1S/C14H24N4O2/c1-6-7-18-9-12(11(3)16-18)14(20)17(5)10(2)8-13(19)15-4/h9-10H,6-8H2,1-5H3,(H,15,19). The van der Waals surface area contributed by atoms with Crippen LogP contribution >= 0.6 is 0 Å². The fourth-order valence-corrected chi connectivity index (χ4v) is 1.97. The molecule has 0 aromatic carbocycles. The Hall–Kier alpha value is -1.85. The Bertz CT molecular complexity index is 482. The van der Waals surface area contributed by atoms with E-state index in [2.05, 4.69) is 17.3 Å². The van der Waals surface area contributed by atoms with Gasteiger partial charge in [-0.15, -0.1) is 0 Å². The molecule has 6 heteroatoms. The van der Waals surface area contributed by atoms with Gasteiger partial charge in [-0.25, -0.2) is 0 Å². The van der Waals surface area contributed by atoms with Crippen molar-refractivity contribution in [3.8, 4) is 0 Å². The number of hydrogen-bond acceptors (Lipinski definition) is 3. The first-order valence-electron chi connectivity index (χ1n) is 6.92. The first kappa shape index (κ1) is 16.2. The third-order valence-corrected chi connectivity index (χ3v) is 3.37. The van der Waals surface area contributed by atoms with Crippen LogP contribution in [-0.2, 0) is 11.3 Å². The van der Waals surface area contributed by atoms with Crippen molar-refractivity contribution in [2.75, 3.05) is 14.1 Å². The quantitative estimate of drug-likeness (QED) is 0.851. The van der Waals surface area contributed by atoms with E-state index in [1.54, 1.807) is 29.9 Å². The molecule has 0 bridgehead atoms. The molecule has 0 aliphatic rings. The molecule has 1 N–H and O–H groups in total. The Morgan fingerprint density at radius 3 is 2.70 bits per heavy atom. The molecule has 2 amide bonds. The van der Waals surface area contributed by atoms with E-state index in [1.165, 1.54) is 0 Å². The summed E-state index contributed by atoms with van der Waals surface area (Å²) in [4.78, 5) is 25.4. The number of carbonyl (C=O) groups is 2. The van der Waals surface area contributed by atoms with E-state index in [9.17, 15) is 9.59 Å². The Kier molecular flexibility index (Phi) is 5.73. The molecule has 0 radical (unpaired) electrons. The summed E-state index contributed by atoms with van der Waals surface area (Å²) in [6.45, 7) is 6.55. The van der Waals surface area contributed by atoms with Gasteiger partial charge in [0.25, 0.3) is 5.91 Å². The zero-order valence-electron chi connectivity index (χ0n) is 12.9. The zero-order valence-corrected chi connectivity index (χ0v) is 12.9. The molecule has 1 atom stereocenters. The van der Waals surface area contributed by atoms with Crippen LogP contribution < -0.4 is 5.32 Å². The lowest BCUT2D eigenvalue weighted by molar-refractivity contribution is -0.121. The number of hydrogen-bond donors (Lipinski definition) is 1. The van der Waals surface area contributed by atoms with Gasteiger partial charge >= 0.3 is 0 Å². The predicted molar refractivity (Wildman–Crippen MR) is 77.5 cm³/mol. The van der Waals surface area contributed by atoms with Crippen molar-refractivity contribution in [1.29, 1.82) is 0 Å². The minimum Gasteiger partial charge on any atom is -0.359 e. The second kappa shape index (κ2) is 7.07. The Morgan fingerprint density at radius 2 is 2.15 bits per heavy atom. The fraction of sp³-hybridized carbons (Fsp3) is 0.643.